The summed E-state index contributed by atoms with van der Waals surface area (Å²) in [7, 11) is 0. The molecule has 1 amide bonds. The lowest BCUT2D eigenvalue weighted by atomic mass is 10.0. The Bertz CT molecular complexity index is 1150. The molecule has 9 heteroatoms. The number of nitrogens with two attached hydrogens (primary N) is 2. The second-order valence-corrected chi connectivity index (χ2v) is 6.11. The molecule has 3 aromatic carbocycles. The van der Waals surface area contributed by atoms with Crippen LogP contribution in [0.1, 0.15) is 15.9 Å². The molecule has 0 bridgehead atoms. The number of carbonyl (C=O) groups is 2. The SMILES string of the molecule is NC(N)=NC(=O)Cc1ccc2cc(OC(=O)c3ccccc3[N+](=O)[O-])ccc2c1. The maximum absolute atomic E-state index is 12.3. The highest BCUT2D eigenvalue weighted by Crippen LogP contribution is 2.25. The summed E-state index contributed by atoms with van der Waals surface area (Å²) in [6.07, 6.45) is 0.0439. The molecule has 3 rings (SSSR count). The molecular formula is C20H16N4O5. The standard InChI is InChI=1S/C20H16N4O5/c21-20(22)23-18(25)10-12-5-6-14-11-15(8-7-13(14)9-12)29-19(26)16-3-1-2-4-17(16)24(27)28/h1-9,11H,10H2,(H4,21,22,23,25). The summed E-state index contributed by atoms with van der Waals surface area (Å²) in [6, 6.07) is 15.8. The van der Waals surface area contributed by atoms with Crippen molar-refractivity contribution in [3.8, 4) is 5.75 Å². The fraction of sp³-hybridized carbons (Fsp3) is 0.0500. The van der Waals surface area contributed by atoms with Gasteiger partial charge >= 0.3 is 5.97 Å². The molecule has 3 aromatic rings. The van der Waals surface area contributed by atoms with Gasteiger partial charge in [0.05, 0.1) is 11.3 Å². The molecule has 0 saturated heterocycles. The molecule has 0 fully saturated rings. The molecule has 4 N–H and O–H groups in total. The van der Waals surface area contributed by atoms with E-state index < -0.39 is 16.8 Å². The summed E-state index contributed by atoms with van der Waals surface area (Å²) in [4.78, 5) is 37.9. The number of para-hydroxylation sites is 1. The number of benzene rings is 3. The molecule has 0 atom stereocenters. The van der Waals surface area contributed by atoms with Crippen molar-refractivity contribution in [3.63, 3.8) is 0 Å². The Labute approximate surface area is 164 Å². The molecule has 146 valence electrons. The van der Waals surface area contributed by atoms with Crippen molar-refractivity contribution < 1.29 is 19.2 Å². The maximum Gasteiger partial charge on any atom is 0.350 e. The summed E-state index contributed by atoms with van der Waals surface area (Å²) in [6.45, 7) is 0. The van der Waals surface area contributed by atoms with Gasteiger partial charge in [0.15, 0.2) is 5.96 Å². The normalized spacial score (nSPS) is 10.3. The van der Waals surface area contributed by atoms with Crippen LogP contribution in [0.2, 0.25) is 0 Å². The molecular weight excluding hydrogens is 376 g/mol. The highest BCUT2D eigenvalue weighted by atomic mass is 16.6. The van der Waals surface area contributed by atoms with E-state index in [-0.39, 0.29) is 29.4 Å². The summed E-state index contributed by atoms with van der Waals surface area (Å²) in [5, 5.41) is 12.6. The van der Waals surface area contributed by atoms with E-state index in [2.05, 4.69) is 4.99 Å². The third-order valence-corrected chi connectivity index (χ3v) is 4.02. The number of carbonyl (C=O) groups excluding carboxylic acids is 2. The van der Waals surface area contributed by atoms with Gasteiger partial charge in [-0.2, -0.15) is 4.99 Å². The van der Waals surface area contributed by atoms with Gasteiger partial charge in [-0.1, -0.05) is 36.4 Å². The van der Waals surface area contributed by atoms with E-state index in [4.69, 9.17) is 16.2 Å². The van der Waals surface area contributed by atoms with Gasteiger partial charge in [0.2, 0.25) is 0 Å². The first-order valence-corrected chi connectivity index (χ1v) is 8.44. The van der Waals surface area contributed by atoms with E-state index in [1.54, 1.807) is 36.4 Å². The minimum Gasteiger partial charge on any atom is -0.423 e. The fourth-order valence-electron chi connectivity index (χ4n) is 2.77. The second-order valence-electron chi connectivity index (χ2n) is 6.11. The van der Waals surface area contributed by atoms with Gasteiger partial charge in [-0.05, 0) is 34.5 Å². The minimum absolute atomic E-state index is 0.0439. The van der Waals surface area contributed by atoms with Gasteiger partial charge in [0, 0.05) is 6.07 Å². The van der Waals surface area contributed by atoms with Crippen LogP contribution >= 0.6 is 0 Å². The maximum atomic E-state index is 12.3. The zero-order chi connectivity index (χ0) is 21.0. The van der Waals surface area contributed by atoms with Gasteiger partial charge in [-0.25, -0.2) is 4.79 Å². The third kappa shape index (κ3) is 4.72. The largest absolute Gasteiger partial charge is 0.423 e. The van der Waals surface area contributed by atoms with Crippen molar-refractivity contribution in [2.45, 2.75) is 6.42 Å². The molecule has 0 aliphatic heterocycles. The van der Waals surface area contributed by atoms with Crippen molar-refractivity contribution in [1.82, 2.24) is 0 Å². The van der Waals surface area contributed by atoms with Crippen molar-refractivity contribution in [3.05, 3.63) is 81.9 Å². The lowest BCUT2D eigenvalue weighted by molar-refractivity contribution is -0.385. The molecule has 0 aliphatic rings. The number of nitro groups is 1. The Kier molecular flexibility index (Phi) is 5.49. The van der Waals surface area contributed by atoms with Crippen LogP contribution in [0.25, 0.3) is 10.8 Å². The predicted molar refractivity (Wildman–Crippen MR) is 107 cm³/mol. The molecule has 0 aliphatic carbocycles. The molecule has 29 heavy (non-hydrogen) atoms. The summed E-state index contributed by atoms with van der Waals surface area (Å²) in [5.41, 5.74) is 10.6. The van der Waals surface area contributed by atoms with Gasteiger partial charge in [-0.3, -0.25) is 14.9 Å². The lowest BCUT2D eigenvalue weighted by Crippen LogP contribution is -2.24. The van der Waals surface area contributed by atoms with E-state index in [0.717, 1.165) is 16.3 Å². The first-order valence-electron chi connectivity index (χ1n) is 8.44. The number of guanidine groups is 1. The number of nitro benzene ring substituents is 1. The predicted octanol–water partition coefficient (Wildman–Crippen LogP) is 2.31. The second kappa shape index (κ2) is 8.17. The zero-order valence-corrected chi connectivity index (χ0v) is 15.1. The van der Waals surface area contributed by atoms with Crippen molar-refractivity contribution in [1.29, 1.82) is 0 Å². The zero-order valence-electron chi connectivity index (χ0n) is 15.1. The van der Waals surface area contributed by atoms with Crippen molar-refractivity contribution >= 4 is 34.3 Å². The number of esters is 1. The Hall–Kier alpha value is -4.27. The Morgan fingerprint density at radius 3 is 2.41 bits per heavy atom. The van der Waals surface area contributed by atoms with Crippen LogP contribution in [-0.4, -0.2) is 22.8 Å². The average molecular weight is 392 g/mol. The third-order valence-electron chi connectivity index (χ3n) is 4.02. The number of ether oxygens (including phenoxy) is 1. The average Bonchev–Trinajstić information content (AvgIpc) is 2.67. The Morgan fingerprint density at radius 2 is 1.69 bits per heavy atom. The summed E-state index contributed by atoms with van der Waals surface area (Å²) < 4.78 is 5.29. The first-order chi connectivity index (χ1) is 13.8. The molecule has 0 heterocycles. The number of amides is 1. The first kappa shape index (κ1) is 19.5. The van der Waals surface area contributed by atoms with Gasteiger partial charge in [-0.15, -0.1) is 0 Å². The summed E-state index contributed by atoms with van der Waals surface area (Å²) >= 11 is 0. The number of fused-ring (bicyclic) bond motifs is 1. The number of hydrogen-bond donors (Lipinski definition) is 2. The molecule has 0 unspecified atom stereocenters. The highest BCUT2D eigenvalue weighted by molar-refractivity contribution is 5.96. The van der Waals surface area contributed by atoms with Crippen LogP contribution in [-0.2, 0) is 11.2 Å². The number of nitrogens with zero attached hydrogens (tertiary/aromatic N) is 2. The quantitative estimate of drug-likeness (QED) is 0.169. The molecule has 0 radical (unpaired) electrons. The van der Waals surface area contributed by atoms with Crippen LogP contribution in [0.5, 0.6) is 5.75 Å². The smallest absolute Gasteiger partial charge is 0.350 e. The summed E-state index contributed by atoms with van der Waals surface area (Å²) in [5.74, 6) is -1.33. The van der Waals surface area contributed by atoms with E-state index in [1.165, 1.54) is 24.3 Å². The monoisotopic (exact) mass is 392 g/mol. The Balaban J connectivity index is 1.81. The van der Waals surface area contributed by atoms with Crippen LogP contribution < -0.4 is 16.2 Å². The highest BCUT2D eigenvalue weighted by Gasteiger charge is 2.21. The van der Waals surface area contributed by atoms with Crippen LogP contribution in [0.4, 0.5) is 5.69 Å². The van der Waals surface area contributed by atoms with Crippen molar-refractivity contribution in [2.24, 2.45) is 16.5 Å². The van der Waals surface area contributed by atoms with E-state index in [0.29, 0.717) is 0 Å². The molecule has 9 nitrogen and oxygen atoms in total. The molecule has 0 aromatic heterocycles. The lowest BCUT2D eigenvalue weighted by Gasteiger charge is -2.07. The fourth-order valence-corrected chi connectivity index (χ4v) is 2.77. The van der Waals surface area contributed by atoms with E-state index in [1.807, 2.05) is 0 Å². The van der Waals surface area contributed by atoms with Gasteiger partial charge in [0.1, 0.15) is 11.3 Å². The van der Waals surface area contributed by atoms with Crippen LogP contribution in [0, 0.1) is 10.1 Å². The van der Waals surface area contributed by atoms with E-state index in [9.17, 15) is 19.7 Å². The van der Waals surface area contributed by atoms with Crippen LogP contribution in [0.3, 0.4) is 0 Å². The number of aliphatic imine (C=N–C) groups is 1. The van der Waals surface area contributed by atoms with Gasteiger partial charge < -0.3 is 16.2 Å². The minimum atomic E-state index is -0.823. The Morgan fingerprint density at radius 1 is 1.00 bits per heavy atom. The van der Waals surface area contributed by atoms with Crippen molar-refractivity contribution in [2.75, 3.05) is 0 Å². The molecule has 0 saturated carbocycles. The van der Waals surface area contributed by atoms with Gasteiger partial charge in [0.25, 0.3) is 11.6 Å². The van der Waals surface area contributed by atoms with Crippen LogP contribution in [0.15, 0.2) is 65.7 Å². The molecule has 0 spiro atoms. The van der Waals surface area contributed by atoms with E-state index >= 15 is 0 Å². The number of rotatable bonds is 5. The topological polar surface area (TPSA) is 151 Å². The number of hydrogen-bond acceptors (Lipinski definition) is 5.